The second-order valence-corrected chi connectivity index (χ2v) is 29.5. The van der Waals surface area contributed by atoms with Crippen LogP contribution in [0.15, 0.2) is 217 Å². The lowest BCUT2D eigenvalue weighted by Gasteiger charge is -2.10. The Bertz CT molecular complexity index is 5440. The zero-order valence-corrected chi connectivity index (χ0v) is 75.0. The van der Waals surface area contributed by atoms with Crippen LogP contribution in [0.3, 0.4) is 0 Å². The van der Waals surface area contributed by atoms with Crippen molar-refractivity contribution >= 4 is 151 Å². The van der Waals surface area contributed by atoms with E-state index in [-0.39, 0.29) is 161 Å². The number of aromatic nitrogens is 5. The van der Waals surface area contributed by atoms with Crippen LogP contribution >= 0.6 is 85.3 Å². The Morgan fingerprint density at radius 1 is 0.316 bits per heavy atom. The molecule has 37 nitrogen and oxygen atoms in total. The molecule has 0 aliphatic heterocycles. The van der Waals surface area contributed by atoms with Gasteiger partial charge in [-0.25, -0.2) is 24.0 Å². The van der Waals surface area contributed by atoms with Crippen molar-refractivity contribution in [1.82, 2.24) is 76.8 Å². The number of thiol groups is 1. The Hall–Kier alpha value is -14.5. The number of pyridine rings is 5. The van der Waals surface area contributed by atoms with Crippen molar-refractivity contribution in [2.45, 2.75) is 56.9 Å². The van der Waals surface area contributed by atoms with Gasteiger partial charge in [-0.15, -0.1) is 25.8 Å². The monoisotopic (exact) mass is 1980 g/mol. The Balaban J connectivity index is 0.000000256. The van der Waals surface area contributed by atoms with Gasteiger partial charge in [-0.2, -0.15) is 36.8 Å². The van der Waals surface area contributed by atoms with E-state index in [2.05, 4.69) is 70.5 Å². The maximum atomic E-state index is 12.3. The summed E-state index contributed by atoms with van der Waals surface area (Å²) < 4.78 is 105. The normalized spacial score (nSPS) is 10.5. The van der Waals surface area contributed by atoms with E-state index in [0.29, 0.717) is 45.5 Å². The molecule has 17 N–H and O–H groups in total. The number of ether oxygens (including phenoxy) is 6. The number of hydrogen-bond acceptors (Lipinski definition) is 28. The van der Waals surface area contributed by atoms with Gasteiger partial charge in [0.2, 0.25) is 0 Å². The molecule has 0 spiro atoms. The number of nitrogens with one attached hydrogen (secondary N) is 10. The number of benzene rings is 5. The number of hydrogen-bond donors (Lipinski definition) is 17. The SMILES string of the molecule is Nc1ccc(COC(=O)NCCNC(=O)c2cccc(=S)n2O)cc1.O=C(NCCNC(=O)c1cccc(=S)n1O)OCc1ccc(CC(F)(F)F)cc1.O=C(NCCNC(=O)c1cccc(=S)n1O)OCc1ccc(Cl)cc1.O=C(NCCNC(=O)c1cccc(=S)n1O)OCc1ccc(OC(F)(F)F)cc1.O=C(NCCNC(=O)c1cccc(=S)n1O)OCc1ccc(S)cc1. The number of carbonyl (C=O) groups excluding carboxylic acids is 10. The molecule has 0 saturated carbocycles. The largest absolute Gasteiger partial charge is 0.573 e. The molecule has 0 aliphatic rings. The van der Waals surface area contributed by atoms with Gasteiger partial charge in [0.25, 0.3) is 29.5 Å². The van der Waals surface area contributed by atoms with Crippen LogP contribution in [0, 0.1) is 23.2 Å². The second-order valence-electron chi connectivity index (χ2n) is 26.4. The molecule has 5 heterocycles. The number of alkyl carbamates (subject to hydrolysis) is 5. The smallest absolute Gasteiger partial charge is 0.445 e. The second kappa shape index (κ2) is 55.5. The number of rotatable bonds is 32. The Labute approximate surface area is 787 Å². The molecule has 0 saturated heterocycles. The molecule has 10 amide bonds. The van der Waals surface area contributed by atoms with Gasteiger partial charge in [0.15, 0.2) is 0 Å². The average Bonchev–Trinajstić information content (AvgIpc) is 0.859. The predicted octanol–water partition coefficient (Wildman–Crippen LogP) is 13.1. The van der Waals surface area contributed by atoms with Gasteiger partial charge < -0.3 is 113 Å². The van der Waals surface area contributed by atoms with Crippen molar-refractivity contribution in [3.8, 4) is 5.75 Å². The molecule has 5 aromatic heterocycles. The van der Waals surface area contributed by atoms with E-state index >= 15 is 0 Å². The highest BCUT2D eigenvalue weighted by Crippen LogP contribution is 2.24. The number of nitrogens with two attached hydrogens (primary N) is 1. The first kappa shape index (κ1) is 107. The van der Waals surface area contributed by atoms with Gasteiger partial charge in [0.1, 0.15) is 90.5 Å². The average molecular weight is 1980 g/mol. The standard InChI is InChI=1S/C18H18F3N3O4S.C17H16F3N3O5S.C16H16ClN3O4S.C16H18N4O4S.C16H17N3O4S2/c19-18(20,21)10-12-4-6-13(7-5-12)11-28-17(26)23-9-8-22-16(25)14-2-1-3-15(29)24(14)27;18-17(19,20)28-12-6-4-11(5-7-12)10-27-16(25)22-9-8-21-15(24)13-2-1-3-14(29)23(13)26;2*17-12-6-4-11(5-7-12)10-24-16(22)19-9-8-18-15(21)13-2-1-3-14(25)20(13)23;20-15(13-2-1-3-14(25)19(13)22)17-8-9-18-16(21)23-10-11-4-6-12(24)7-5-11/h1-7,27H,8-11H2,(H,22,25)(H,23,26);1-7,26H,8-10H2,(H,21,24)(H,22,25);1-7,23H,8-10H2,(H,18,21)(H,19,22);1-7,23H,8-10,17H2,(H,18,21)(H,19,22);1-7,22,24H,8-10H2,(H,17,20)(H,18,21). The number of amides is 10. The van der Waals surface area contributed by atoms with Crippen molar-refractivity contribution in [2.75, 3.05) is 71.2 Å². The molecule has 0 unspecified atom stereocenters. The molecular formula is C83H85ClF6N16O21S6. The lowest BCUT2D eigenvalue weighted by Crippen LogP contribution is -2.35. The minimum absolute atomic E-state index is 0.0119. The highest BCUT2D eigenvalue weighted by molar-refractivity contribution is 7.80. The Kier molecular flexibility index (Phi) is 44.7. The molecule has 0 aliphatic carbocycles. The van der Waals surface area contributed by atoms with Crippen LogP contribution in [0.2, 0.25) is 5.02 Å². The van der Waals surface area contributed by atoms with Gasteiger partial charge in [0.05, 0.1) is 6.42 Å². The summed E-state index contributed by atoms with van der Waals surface area (Å²) in [5.74, 6) is -3.07. The van der Waals surface area contributed by atoms with E-state index in [1.807, 2.05) is 12.1 Å². The van der Waals surface area contributed by atoms with Crippen LogP contribution in [0.5, 0.6) is 5.75 Å². The fourth-order valence-corrected chi connectivity index (χ4v) is 11.1. The van der Waals surface area contributed by atoms with E-state index in [4.69, 9.17) is 102 Å². The fourth-order valence-electron chi connectivity index (χ4n) is 9.98. The highest BCUT2D eigenvalue weighted by atomic mass is 35.5. The number of nitrogen functional groups attached to an aromatic ring is 1. The van der Waals surface area contributed by atoms with Crippen molar-refractivity contribution < 1.29 is 129 Å². The van der Waals surface area contributed by atoms with E-state index in [1.54, 1.807) is 78.9 Å². The summed E-state index contributed by atoms with van der Waals surface area (Å²) in [5, 5.41) is 73.9. The van der Waals surface area contributed by atoms with Gasteiger partial charge in [-0.1, -0.05) is 176 Å². The molecule has 0 bridgehead atoms. The minimum Gasteiger partial charge on any atom is -0.445 e. The number of carbonyl (C=O) groups is 10. The lowest BCUT2D eigenvalue weighted by atomic mass is 10.1. The summed E-state index contributed by atoms with van der Waals surface area (Å²) in [4.78, 5) is 118. The first-order valence-electron chi connectivity index (χ1n) is 38.6. The van der Waals surface area contributed by atoms with Crippen molar-refractivity contribution in [3.63, 3.8) is 0 Å². The van der Waals surface area contributed by atoms with Gasteiger partial charge in [-0.3, -0.25) is 24.0 Å². The highest BCUT2D eigenvalue weighted by Gasteiger charge is 2.31. The van der Waals surface area contributed by atoms with Crippen molar-refractivity contribution in [2.24, 2.45) is 0 Å². The maximum absolute atomic E-state index is 12.3. The molecule has 0 radical (unpaired) electrons. The summed E-state index contributed by atoms with van der Waals surface area (Å²) in [5.41, 5.74) is 9.72. The minimum atomic E-state index is -4.78. The summed E-state index contributed by atoms with van der Waals surface area (Å²) in [6.45, 7) is 1.35. The number of alkyl halides is 6. The molecule has 5 aromatic carbocycles. The zero-order chi connectivity index (χ0) is 97.6. The summed E-state index contributed by atoms with van der Waals surface area (Å²) >= 11 is 34.2. The molecule has 10 aromatic rings. The summed E-state index contributed by atoms with van der Waals surface area (Å²) in [6, 6.07) is 53.7. The summed E-state index contributed by atoms with van der Waals surface area (Å²) in [6.07, 6.45) is -13.4. The first-order valence-corrected chi connectivity index (χ1v) is 41.5. The third-order valence-electron chi connectivity index (χ3n) is 16.5. The van der Waals surface area contributed by atoms with Crippen LogP contribution in [-0.2, 0) is 63.1 Å². The van der Waals surface area contributed by atoms with Crippen molar-refractivity contribution in [3.05, 3.63) is 302 Å². The number of nitrogens with zero attached hydrogens (tertiary/aromatic N) is 5. The molecule has 0 fully saturated rings. The molecule has 708 valence electrons. The molecular weight excluding hydrogens is 1900 g/mol. The van der Waals surface area contributed by atoms with Gasteiger partial charge in [-0.05, 0) is 143 Å². The fraction of sp³-hybridized carbons (Fsp3) is 0.217. The van der Waals surface area contributed by atoms with Crippen LogP contribution < -0.4 is 63.6 Å². The van der Waals surface area contributed by atoms with Crippen LogP contribution in [0.1, 0.15) is 85.8 Å². The van der Waals surface area contributed by atoms with Crippen LogP contribution in [-0.4, -0.2) is 188 Å². The van der Waals surface area contributed by atoms with E-state index in [0.717, 1.165) is 33.7 Å². The maximum Gasteiger partial charge on any atom is 0.573 e. The number of halogens is 7. The first-order chi connectivity index (χ1) is 63.2. The zero-order valence-electron chi connectivity index (χ0n) is 69.2. The molecule has 10 rings (SSSR count). The third-order valence-corrected chi connectivity index (χ3v) is 18.6. The van der Waals surface area contributed by atoms with E-state index < -0.39 is 79.0 Å². The predicted molar refractivity (Wildman–Crippen MR) is 480 cm³/mol. The lowest BCUT2D eigenvalue weighted by molar-refractivity contribution is -0.274. The van der Waals surface area contributed by atoms with E-state index in [9.17, 15) is 100 Å². The number of anilines is 1. The quantitative estimate of drug-likeness (QED) is 0.00354. The Morgan fingerprint density at radius 2 is 0.526 bits per heavy atom. The van der Waals surface area contributed by atoms with Crippen LogP contribution in [0.25, 0.3) is 0 Å². The molecule has 133 heavy (non-hydrogen) atoms. The molecule has 50 heteroatoms. The van der Waals surface area contributed by atoms with Gasteiger partial charge in [0, 0.05) is 81.1 Å². The van der Waals surface area contributed by atoms with Crippen molar-refractivity contribution in [1.29, 1.82) is 0 Å². The molecule has 0 atom stereocenters. The van der Waals surface area contributed by atoms with E-state index in [1.165, 1.54) is 109 Å². The van der Waals surface area contributed by atoms with Crippen LogP contribution in [0.4, 0.5) is 56.0 Å². The third kappa shape index (κ3) is 41.0. The van der Waals surface area contributed by atoms with Gasteiger partial charge >= 0.3 is 43.0 Å². The Morgan fingerprint density at radius 3 is 0.767 bits per heavy atom. The summed E-state index contributed by atoms with van der Waals surface area (Å²) in [7, 11) is 0. The topological polar surface area (TPSA) is 498 Å².